The van der Waals surface area contributed by atoms with Crippen molar-refractivity contribution in [2.24, 2.45) is 0 Å². The fraction of sp³-hybridized carbons (Fsp3) is 0.391. The molecule has 0 fully saturated rings. The zero-order chi connectivity index (χ0) is 21.4. The number of carbonyl (C=O) groups is 1. The number of fused-ring (bicyclic) bond motifs is 2. The first kappa shape index (κ1) is 20.2. The number of nitrogens with zero attached hydrogens (tertiary/aromatic N) is 1. The Hall–Kier alpha value is -3.06. The van der Waals surface area contributed by atoms with Gasteiger partial charge in [-0.2, -0.15) is 0 Å². The molecule has 0 spiro atoms. The molecule has 1 aromatic carbocycles. The Morgan fingerprint density at radius 3 is 2.80 bits per heavy atom. The standard InChI is InChI=1S/C23H25NO6/c1-13(8-17-6-5-7-28-17)24-11-16-9-18-14(2)19(10-20(25)27-4)23(26)30-22(18)15(3)21(16)29-12-24/h5-7,9,13H,8,10-12H2,1-4H3/t13-/m1/s1. The van der Waals surface area contributed by atoms with Crippen LogP contribution >= 0.6 is 0 Å². The van der Waals surface area contributed by atoms with Crippen molar-refractivity contribution in [3.05, 3.63) is 62.9 Å². The first-order valence-corrected chi connectivity index (χ1v) is 9.93. The van der Waals surface area contributed by atoms with E-state index >= 15 is 0 Å². The molecule has 3 heterocycles. The van der Waals surface area contributed by atoms with Crippen LogP contribution in [-0.2, 0) is 28.9 Å². The van der Waals surface area contributed by atoms with Crippen LogP contribution in [0.3, 0.4) is 0 Å². The maximum atomic E-state index is 12.5. The van der Waals surface area contributed by atoms with Crippen LogP contribution in [0.15, 0.2) is 38.1 Å². The fourth-order valence-corrected chi connectivity index (χ4v) is 4.01. The number of rotatable bonds is 5. The van der Waals surface area contributed by atoms with Crippen LogP contribution in [0.2, 0.25) is 0 Å². The van der Waals surface area contributed by atoms with Gasteiger partial charge >= 0.3 is 11.6 Å². The molecule has 30 heavy (non-hydrogen) atoms. The number of esters is 1. The summed E-state index contributed by atoms with van der Waals surface area (Å²) in [4.78, 5) is 26.5. The molecule has 0 saturated heterocycles. The van der Waals surface area contributed by atoms with Gasteiger partial charge in [-0.1, -0.05) is 0 Å². The van der Waals surface area contributed by atoms with Gasteiger partial charge in [-0.3, -0.25) is 9.69 Å². The highest BCUT2D eigenvalue weighted by Crippen LogP contribution is 2.36. The number of hydrogen-bond acceptors (Lipinski definition) is 7. The SMILES string of the molecule is COC(=O)Cc1c(C)c2cc3c(c(C)c2oc1=O)OCN([C@H](C)Cc1ccco1)C3. The van der Waals surface area contributed by atoms with E-state index in [9.17, 15) is 9.59 Å². The Kier molecular flexibility index (Phi) is 5.39. The summed E-state index contributed by atoms with van der Waals surface area (Å²) in [6, 6.07) is 6.09. The van der Waals surface area contributed by atoms with Crippen molar-refractivity contribution in [1.29, 1.82) is 0 Å². The third-order valence-corrected chi connectivity index (χ3v) is 5.83. The minimum Gasteiger partial charge on any atom is -0.477 e. The molecule has 0 N–H and O–H groups in total. The van der Waals surface area contributed by atoms with Crippen LogP contribution in [-0.4, -0.2) is 30.8 Å². The van der Waals surface area contributed by atoms with Crippen LogP contribution in [0.5, 0.6) is 5.75 Å². The molecule has 0 saturated carbocycles. The first-order chi connectivity index (χ1) is 14.4. The second-order valence-electron chi connectivity index (χ2n) is 7.77. The molecule has 158 valence electrons. The second-order valence-corrected chi connectivity index (χ2v) is 7.77. The van der Waals surface area contributed by atoms with Gasteiger partial charge in [-0.05, 0) is 44.5 Å². The minimum absolute atomic E-state index is 0.112. The topological polar surface area (TPSA) is 82.1 Å². The van der Waals surface area contributed by atoms with Crippen LogP contribution in [0, 0.1) is 13.8 Å². The maximum Gasteiger partial charge on any atom is 0.340 e. The average Bonchev–Trinajstić information content (AvgIpc) is 3.24. The average molecular weight is 411 g/mol. The molecule has 7 nitrogen and oxygen atoms in total. The number of carbonyl (C=O) groups excluding carboxylic acids is 1. The summed E-state index contributed by atoms with van der Waals surface area (Å²) in [6.45, 7) is 7.03. The van der Waals surface area contributed by atoms with Crippen molar-refractivity contribution >= 4 is 16.9 Å². The smallest absolute Gasteiger partial charge is 0.340 e. The third-order valence-electron chi connectivity index (χ3n) is 5.83. The van der Waals surface area contributed by atoms with Crippen molar-refractivity contribution < 1.29 is 23.1 Å². The zero-order valence-corrected chi connectivity index (χ0v) is 17.6. The second kappa shape index (κ2) is 7.99. The predicted octanol–water partition coefficient (Wildman–Crippen LogP) is 3.50. The highest BCUT2D eigenvalue weighted by atomic mass is 16.5. The zero-order valence-electron chi connectivity index (χ0n) is 17.6. The summed E-state index contributed by atoms with van der Waals surface area (Å²) >= 11 is 0. The van der Waals surface area contributed by atoms with Crippen LogP contribution in [0.4, 0.5) is 0 Å². The molecule has 4 rings (SSSR count). The van der Waals surface area contributed by atoms with Gasteiger partial charge in [0.25, 0.3) is 0 Å². The quantitative estimate of drug-likeness (QED) is 0.469. The summed E-state index contributed by atoms with van der Waals surface area (Å²) in [5, 5.41) is 0.814. The van der Waals surface area contributed by atoms with E-state index in [1.807, 2.05) is 32.0 Å². The lowest BCUT2D eigenvalue weighted by molar-refractivity contribution is -0.139. The number of furan rings is 1. The Morgan fingerprint density at radius 1 is 1.30 bits per heavy atom. The van der Waals surface area contributed by atoms with Crippen molar-refractivity contribution in [2.45, 2.75) is 46.2 Å². The van der Waals surface area contributed by atoms with Gasteiger partial charge in [0.2, 0.25) is 0 Å². The van der Waals surface area contributed by atoms with Gasteiger partial charge in [0, 0.05) is 35.5 Å². The molecule has 0 aliphatic carbocycles. The van der Waals surface area contributed by atoms with Gasteiger partial charge < -0.3 is 18.3 Å². The molecule has 0 radical (unpaired) electrons. The van der Waals surface area contributed by atoms with E-state index in [0.717, 1.165) is 40.0 Å². The lowest BCUT2D eigenvalue weighted by Gasteiger charge is -2.34. The van der Waals surface area contributed by atoms with Crippen molar-refractivity contribution in [2.75, 3.05) is 13.8 Å². The Bertz CT molecular complexity index is 1140. The highest BCUT2D eigenvalue weighted by molar-refractivity contribution is 5.88. The summed E-state index contributed by atoms with van der Waals surface area (Å²) in [5.74, 6) is 1.22. The lowest BCUT2D eigenvalue weighted by Crippen LogP contribution is -2.40. The van der Waals surface area contributed by atoms with Crippen LogP contribution < -0.4 is 10.4 Å². The molecule has 3 aromatic rings. The molecule has 0 bridgehead atoms. The number of hydrogen-bond donors (Lipinski definition) is 0. The van der Waals surface area contributed by atoms with Gasteiger partial charge in [-0.25, -0.2) is 4.79 Å². The summed E-state index contributed by atoms with van der Waals surface area (Å²) in [6.07, 6.45) is 2.36. The molecule has 7 heteroatoms. The van der Waals surface area contributed by atoms with E-state index < -0.39 is 11.6 Å². The van der Waals surface area contributed by atoms with Crippen molar-refractivity contribution in [3.63, 3.8) is 0 Å². The monoisotopic (exact) mass is 411 g/mol. The highest BCUT2D eigenvalue weighted by Gasteiger charge is 2.27. The Labute approximate surface area is 174 Å². The summed E-state index contributed by atoms with van der Waals surface area (Å²) in [5.41, 5.74) is 2.87. The number of benzene rings is 1. The predicted molar refractivity (Wildman–Crippen MR) is 111 cm³/mol. The van der Waals surface area contributed by atoms with E-state index in [1.54, 1.807) is 6.26 Å². The Morgan fingerprint density at radius 2 is 2.10 bits per heavy atom. The fourth-order valence-electron chi connectivity index (χ4n) is 4.01. The van der Waals surface area contributed by atoms with Gasteiger partial charge in [0.05, 0.1) is 25.4 Å². The molecule has 1 aliphatic rings. The molecule has 2 aromatic heterocycles. The number of aryl methyl sites for hydroxylation is 2. The van der Waals surface area contributed by atoms with Crippen LogP contribution in [0.1, 0.15) is 34.9 Å². The normalized spacial score (nSPS) is 14.9. The van der Waals surface area contributed by atoms with Gasteiger partial charge in [-0.15, -0.1) is 0 Å². The molecule has 1 aliphatic heterocycles. The van der Waals surface area contributed by atoms with Crippen molar-refractivity contribution in [3.8, 4) is 5.75 Å². The molecule has 0 amide bonds. The summed E-state index contributed by atoms with van der Waals surface area (Å²) < 4.78 is 21.9. The molecular weight excluding hydrogens is 386 g/mol. The number of methoxy groups -OCH3 is 1. The lowest BCUT2D eigenvalue weighted by atomic mass is 9.97. The molecular formula is C23H25NO6. The van der Waals surface area contributed by atoms with E-state index in [-0.39, 0.29) is 12.5 Å². The van der Waals surface area contributed by atoms with E-state index in [2.05, 4.69) is 11.8 Å². The maximum absolute atomic E-state index is 12.5. The molecule has 1 atom stereocenters. The third kappa shape index (κ3) is 3.61. The van der Waals surface area contributed by atoms with E-state index in [1.165, 1.54) is 7.11 Å². The van der Waals surface area contributed by atoms with Crippen molar-refractivity contribution in [1.82, 2.24) is 4.90 Å². The minimum atomic E-state index is -0.516. The van der Waals surface area contributed by atoms with Crippen LogP contribution in [0.25, 0.3) is 11.0 Å². The number of ether oxygens (including phenoxy) is 2. The van der Waals surface area contributed by atoms with E-state index in [0.29, 0.717) is 24.4 Å². The summed E-state index contributed by atoms with van der Waals surface area (Å²) in [7, 11) is 1.30. The Balaban J connectivity index is 1.70. The van der Waals surface area contributed by atoms with Gasteiger partial charge in [0.15, 0.2) is 0 Å². The van der Waals surface area contributed by atoms with Gasteiger partial charge in [0.1, 0.15) is 23.8 Å². The largest absolute Gasteiger partial charge is 0.477 e. The first-order valence-electron chi connectivity index (χ1n) is 9.93. The molecule has 0 unspecified atom stereocenters. The van der Waals surface area contributed by atoms with E-state index in [4.69, 9.17) is 18.3 Å².